The Bertz CT molecular complexity index is 346. The molecule has 0 radical (unpaired) electrons. The Morgan fingerprint density at radius 3 is 2.80 bits per heavy atom. The Balaban J connectivity index is 2.50. The number of aromatic nitrogens is 2. The molecule has 2 N–H and O–H groups in total. The molecule has 0 aliphatic rings. The number of aryl methyl sites for hydroxylation is 2. The second-order valence-corrected chi connectivity index (χ2v) is 3.53. The summed E-state index contributed by atoms with van der Waals surface area (Å²) in [6.45, 7) is 4.63. The van der Waals surface area contributed by atoms with Crippen LogP contribution >= 0.6 is 0 Å². The molecule has 0 fully saturated rings. The van der Waals surface area contributed by atoms with Crippen molar-refractivity contribution >= 4 is 5.97 Å². The number of nitrogens with two attached hydrogens (primary N) is 1. The third-order valence-corrected chi connectivity index (χ3v) is 2.53. The van der Waals surface area contributed by atoms with Gasteiger partial charge in [0.2, 0.25) is 0 Å². The highest BCUT2D eigenvalue weighted by molar-refractivity contribution is 5.75. The minimum absolute atomic E-state index is 0.371. The van der Waals surface area contributed by atoms with E-state index >= 15 is 0 Å². The van der Waals surface area contributed by atoms with Crippen molar-refractivity contribution in [2.24, 2.45) is 5.73 Å². The lowest BCUT2D eigenvalue weighted by Gasteiger charge is -2.10. The highest BCUT2D eigenvalue weighted by Crippen LogP contribution is 2.05. The largest absolute Gasteiger partial charge is 0.468 e. The number of imidazole rings is 1. The number of esters is 1. The van der Waals surface area contributed by atoms with Gasteiger partial charge in [-0.05, 0) is 20.3 Å². The SMILES string of the molecule is COC(=O)C(N)CCn1cnc(C)c1C. The molecule has 5 heteroatoms. The van der Waals surface area contributed by atoms with Gasteiger partial charge in [-0.25, -0.2) is 4.98 Å². The van der Waals surface area contributed by atoms with E-state index in [4.69, 9.17) is 5.73 Å². The second kappa shape index (κ2) is 4.93. The topological polar surface area (TPSA) is 70.1 Å². The molecular formula is C10H17N3O2. The summed E-state index contributed by atoms with van der Waals surface area (Å²) in [6.07, 6.45) is 2.32. The minimum Gasteiger partial charge on any atom is -0.468 e. The molecule has 1 aromatic heterocycles. The molecular weight excluding hydrogens is 194 g/mol. The van der Waals surface area contributed by atoms with E-state index in [1.165, 1.54) is 7.11 Å². The van der Waals surface area contributed by atoms with Gasteiger partial charge < -0.3 is 15.0 Å². The maximum absolute atomic E-state index is 11.1. The lowest BCUT2D eigenvalue weighted by atomic mass is 10.2. The van der Waals surface area contributed by atoms with Gasteiger partial charge in [0, 0.05) is 12.2 Å². The third-order valence-electron chi connectivity index (χ3n) is 2.53. The van der Waals surface area contributed by atoms with Gasteiger partial charge in [-0.1, -0.05) is 0 Å². The van der Waals surface area contributed by atoms with Crippen molar-refractivity contribution in [2.75, 3.05) is 7.11 Å². The summed E-state index contributed by atoms with van der Waals surface area (Å²) in [6, 6.07) is -0.558. The van der Waals surface area contributed by atoms with Gasteiger partial charge in [-0.15, -0.1) is 0 Å². The second-order valence-electron chi connectivity index (χ2n) is 3.53. The number of methoxy groups -OCH3 is 1. The summed E-state index contributed by atoms with van der Waals surface area (Å²) in [7, 11) is 1.34. The molecule has 0 aliphatic carbocycles. The van der Waals surface area contributed by atoms with E-state index in [1.807, 2.05) is 18.4 Å². The Morgan fingerprint density at radius 2 is 2.33 bits per heavy atom. The fraction of sp³-hybridized carbons (Fsp3) is 0.600. The highest BCUT2D eigenvalue weighted by Gasteiger charge is 2.13. The van der Waals surface area contributed by atoms with Crippen molar-refractivity contribution in [2.45, 2.75) is 32.9 Å². The van der Waals surface area contributed by atoms with Gasteiger partial charge in [0.25, 0.3) is 0 Å². The summed E-state index contributed by atoms with van der Waals surface area (Å²) < 4.78 is 6.53. The van der Waals surface area contributed by atoms with Gasteiger partial charge in [-0.2, -0.15) is 0 Å². The van der Waals surface area contributed by atoms with E-state index < -0.39 is 6.04 Å². The Labute approximate surface area is 89.2 Å². The molecule has 0 aromatic carbocycles. The Morgan fingerprint density at radius 1 is 1.67 bits per heavy atom. The zero-order chi connectivity index (χ0) is 11.4. The van der Waals surface area contributed by atoms with Crippen LogP contribution in [0.5, 0.6) is 0 Å². The van der Waals surface area contributed by atoms with Crippen molar-refractivity contribution in [3.8, 4) is 0 Å². The van der Waals surface area contributed by atoms with Crippen molar-refractivity contribution < 1.29 is 9.53 Å². The molecule has 0 amide bonds. The summed E-state index contributed by atoms with van der Waals surface area (Å²) in [5.74, 6) is -0.371. The maximum atomic E-state index is 11.1. The molecule has 1 atom stereocenters. The normalized spacial score (nSPS) is 12.5. The van der Waals surface area contributed by atoms with Crippen LogP contribution in [-0.2, 0) is 16.1 Å². The smallest absolute Gasteiger partial charge is 0.322 e. The van der Waals surface area contributed by atoms with Gasteiger partial charge in [0.05, 0.1) is 19.1 Å². The van der Waals surface area contributed by atoms with Gasteiger partial charge in [-0.3, -0.25) is 4.79 Å². The van der Waals surface area contributed by atoms with Crippen LogP contribution in [-0.4, -0.2) is 28.7 Å². The number of hydrogen-bond acceptors (Lipinski definition) is 4. The van der Waals surface area contributed by atoms with Crippen molar-refractivity contribution in [1.29, 1.82) is 0 Å². The van der Waals surface area contributed by atoms with Crippen molar-refractivity contribution in [1.82, 2.24) is 9.55 Å². The predicted molar refractivity (Wildman–Crippen MR) is 56.3 cm³/mol. The minimum atomic E-state index is -0.558. The monoisotopic (exact) mass is 211 g/mol. The standard InChI is InChI=1S/C10H17N3O2/c1-7-8(2)13(6-12-7)5-4-9(11)10(14)15-3/h6,9H,4-5,11H2,1-3H3. The first-order valence-electron chi connectivity index (χ1n) is 4.88. The first-order valence-corrected chi connectivity index (χ1v) is 4.88. The molecule has 0 spiro atoms. The van der Waals surface area contributed by atoms with Crippen LogP contribution in [0.3, 0.4) is 0 Å². The van der Waals surface area contributed by atoms with Crippen LogP contribution in [0.2, 0.25) is 0 Å². The molecule has 0 bridgehead atoms. The van der Waals surface area contributed by atoms with Crippen LogP contribution in [0.15, 0.2) is 6.33 Å². The zero-order valence-electron chi connectivity index (χ0n) is 9.36. The highest BCUT2D eigenvalue weighted by atomic mass is 16.5. The van der Waals surface area contributed by atoms with Crippen molar-refractivity contribution in [3.05, 3.63) is 17.7 Å². The number of rotatable bonds is 4. The van der Waals surface area contributed by atoms with E-state index in [2.05, 4.69) is 9.72 Å². The molecule has 0 aliphatic heterocycles. The van der Waals surface area contributed by atoms with Gasteiger partial charge in [0.1, 0.15) is 6.04 Å². The number of ether oxygens (including phenoxy) is 1. The van der Waals surface area contributed by atoms with Crippen LogP contribution in [0.1, 0.15) is 17.8 Å². The number of carbonyl (C=O) groups is 1. The van der Waals surface area contributed by atoms with Crippen LogP contribution in [0, 0.1) is 13.8 Å². The van der Waals surface area contributed by atoms with E-state index in [0.717, 1.165) is 11.4 Å². The average Bonchev–Trinajstić information content (AvgIpc) is 2.55. The summed E-state index contributed by atoms with van der Waals surface area (Å²) >= 11 is 0. The van der Waals surface area contributed by atoms with E-state index in [1.54, 1.807) is 6.33 Å². The molecule has 1 aromatic rings. The first kappa shape index (κ1) is 11.7. The van der Waals surface area contributed by atoms with Crippen LogP contribution in [0.25, 0.3) is 0 Å². The molecule has 1 unspecified atom stereocenters. The molecule has 0 saturated carbocycles. The Hall–Kier alpha value is -1.36. The third kappa shape index (κ3) is 2.79. The van der Waals surface area contributed by atoms with Gasteiger partial charge >= 0.3 is 5.97 Å². The lowest BCUT2D eigenvalue weighted by molar-refractivity contribution is -0.142. The predicted octanol–water partition coefficient (Wildman–Crippen LogP) is 0.390. The number of hydrogen-bond donors (Lipinski definition) is 1. The molecule has 15 heavy (non-hydrogen) atoms. The molecule has 1 rings (SSSR count). The molecule has 1 heterocycles. The number of carbonyl (C=O) groups excluding carboxylic acids is 1. The van der Waals surface area contributed by atoms with E-state index in [9.17, 15) is 4.79 Å². The summed E-state index contributed by atoms with van der Waals surface area (Å²) in [4.78, 5) is 15.2. The fourth-order valence-corrected chi connectivity index (χ4v) is 1.32. The zero-order valence-corrected chi connectivity index (χ0v) is 9.36. The maximum Gasteiger partial charge on any atom is 0.322 e. The number of nitrogens with zero attached hydrogens (tertiary/aromatic N) is 2. The molecule has 5 nitrogen and oxygen atoms in total. The van der Waals surface area contributed by atoms with E-state index in [-0.39, 0.29) is 5.97 Å². The Kier molecular flexibility index (Phi) is 3.85. The van der Waals surface area contributed by atoms with E-state index in [0.29, 0.717) is 13.0 Å². The summed E-state index contributed by atoms with van der Waals surface area (Å²) in [5, 5.41) is 0. The van der Waals surface area contributed by atoms with Crippen LogP contribution < -0.4 is 5.73 Å². The first-order chi connectivity index (χ1) is 7.06. The van der Waals surface area contributed by atoms with Crippen LogP contribution in [0.4, 0.5) is 0 Å². The molecule has 84 valence electrons. The quantitative estimate of drug-likeness (QED) is 0.731. The fourth-order valence-electron chi connectivity index (χ4n) is 1.32. The van der Waals surface area contributed by atoms with Crippen molar-refractivity contribution in [3.63, 3.8) is 0 Å². The van der Waals surface area contributed by atoms with Gasteiger partial charge in [0.15, 0.2) is 0 Å². The average molecular weight is 211 g/mol. The summed E-state index contributed by atoms with van der Waals surface area (Å²) in [5.41, 5.74) is 7.73. The lowest BCUT2D eigenvalue weighted by Crippen LogP contribution is -2.32. The molecule has 0 saturated heterocycles.